The molecule has 7 heteroatoms. The van der Waals surface area contributed by atoms with Gasteiger partial charge in [-0.25, -0.2) is 12.7 Å². The molecule has 1 aromatic carbocycles. The van der Waals surface area contributed by atoms with E-state index < -0.39 is 10.0 Å². The molecule has 1 heterocycles. The first-order valence-electron chi connectivity index (χ1n) is 8.08. The van der Waals surface area contributed by atoms with Crippen molar-refractivity contribution in [1.29, 1.82) is 0 Å². The highest BCUT2D eigenvalue weighted by Gasteiger charge is 2.29. The van der Waals surface area contributed by atoms with Crippen LogP contribution in [0.3, 0.4) is 0 Å². The zero-order valence-electron chi connectivity index (χ0n) is 13.0. The molecule has 0 unspecified atom stereocenters. The van der Waals surface area contributed by atoms with Crippen LogP contribution in [0.25, 0.3) is 0 Å². The molecule has 1 saturated carbocycles. The Balaban J connectivity index is 1.55. The molecule has 1 aromatic rings. The van der Waals surface area contributed by atoms with Gasteiger partial charge in [-0.3, -0.25) is 0 Å². The number of nitrogens with one attached hydrogen (secondary N) is 1. The standard InChI is InChI=1S/C16H22Cl2N2O2S/c17-14-7-13(8-15(18)9-14)11-23(21,22)20-5-3-16(4-6-20)19-10-12-1-2-12/h7-9,12,16,19H,1-6,10-11H2. The predicted octanol–water partition coefficient (Wildman–Crippen LogP) is 3.29. The van der Waals surface area contributed by atoms with Gasteiger partial charge < -0.3 is 5.32 Å². The van der Waals surface area contributed by atoms with Crippen LogP contribution in [0.2, 0.25) is 10.0 Å². The van der Waals surface area contributed by atoms with Gasteiger partial charge in [0.2, 0.25) is 10.0 Å². The highest BCUT2D eigenvalue weighted by atomic mass is 35.5. The summed E-state index contributed by atoms with van der Waals surface area (Å²) in [4.78, 5) is 0. The monoisotopic (exact) mass is 376 g/mol. The lowest BCUT2D eigenvalue weighted by atomic mass is 10.1. The smallest absolute Gasteiger partial charge is 0.218 e. The highest BCUT2D eigenvalue weighted by molar-refractivity contribution is 7.88. The van der Waals surface area contributed by atoms with Crippen LogP contribution >= 0.6 is 23.2 Å². The third kappa shape index (κ3) is 5.07. The lowest BCUT2D eigenvalue weighted by Crippen LogP contribution is -2.45. The quantitative estimate of drug-likeness (QED) is 0.828. The van der Waals surface area contributed by atoms with Crippen molar-refractivity contribution in [1.82, 2.24) is 9.62 Å². The summed E-state index contributed by atoms with van der Waals surface area (Å²) in [5.41, 5.74) is 0.636. The molecule has 0 bridgehead atoms. The first-order valence-corrected chi connectivity index (χ1v) is 10.4. The fourth-order valence-electron chi connectivity index (χ4n) is 2.99. The van der Waals surface area contributed by atoms with Gasteiger partial charge in [0.15, 0.2) is 0 Å². The molecule has 1 aliphatic heterocycles. The molecule has 0 aromatic heterocycles. The Kier molecular flexibility index (Phi) is 5.53. The van der Waals surface area contributed by atoms with Crippen LogP contribution in [0.4, 0.5) is 0 Å². The van der Waals surface area contributed by atoms with Gasteiger partial charge >= 0.3 is 0 Å². The molecule has 4 nitrogen and oxygen atoms in total. The molecule has 0 radical (unpaired) electrons. The Morgan fingerprint density at radius 3 is 2.22 bits per heavy atom. The number of benzene rings is 1. The Hall–Kier alpha value is -0.330. The first-order chi connectivity index (χ1) is 10.9. The van der Waals surface area contributed by atoms with Crippen molar-refractivity contribution in [2.45, 2.75) is 37.5 Å². The molecule has 23 heavy (non-hydrogen) atoms. The molecular weight excluding hydrogens is 355 g/mol. The molecule has 128 valence electrons. The van der Waals surface area contributed by atoms with Crippen LogP contribution in [0, 0.1) is 5.92 Å². The van der Waals surface area contributed by atoms with Crippen LogP contribution < -0.4 is 5.32 Å². The van der Waals surface area contributed by atoms with Crippen molar-refractivity contribution in [2.75, 3.05) is 19.6 Å². The van der Waals surface area contributed by atoms with E-state index in [2.05, 4.69) is 5.32 Å². The molecule has 0 atom stereocenters. The number of piperidine rings is 1. The van der Waals surface area contributed by atoms with E-state index in [0.29, 0.717) is 34.7 Å². The molecule has 0 spiro atoms. The van der Waals surface area contributed by atoms with Crippen LogP contribution in [0.1, 0.15) is 31.2 Å². The number of halogens is 2. The van der Waals surface area contributed by atoms with E-state index >= 15 is 0 Å². The molecule has 3 rings (SSSR count). The average molecular weight is 377 g/mol. The summed E-state index contributed by atoms with van der Waals surface area (Å²) in [6, 6.07) is 5.38. The Labute approximate surface area is 148 Å². The van der Waals surface area contributed by atoms with Gasteiger partial charge in [0.1, 0.15) is 0 Å². The van der Waals surface area contributed by atoms with Crippen molar-refractivity contribution >= 4 is 33.2 Å². The number of rotatable bonds is 6. The maximum Gasteiger partial charge on any atom is 0.218 e. The maximum atomic E-state index is 12.6. The highest BCUT2D eigenvalue weighted by Crippen LogP contribution is 2.28. The van der Waals surface area contributed by atoms with Gasteiger partial charge in [-0.2, -0.15) is 0 Å². The largest absolute Gasteiger partial charge is 0.314 e. The van der Waals surface area contributed by atoms with E-state index in [4.69, 9.17) is 23.2 Å². The number of hydrogen-bond acceptors (Lipinski definition) is 3. The third-order valence-electron chi connectivity index (χ3n) is 4.51. The Bertz CT molecular complexity index is 634. The van der Waals surface area contributed by atoms with Gasteiger partial charge in [-0.05, 0) is 61.9 Å². The fraction of sp³-hybridized carbons (Fsp3) is 0.625. The van der Waals surface area contributed by atoms with E-state index in [9.17, 15) is 8.42 Å². The molecule has 1 N–H and O–H groups in total. The molecule has 2 fully saturated rings. The minimum absolute atomic E-state index is 0.0482. The van der Waals surface area contributed by atoms with Crippen molar-refractivity contribution in [3.05, 3.63) is 33.8 Å². The number of hydrogen-bond donors (Lipinski definition) is 1. The maximum absolute atomic E-state index is 12.6. The normalized spacial score (nSPS) is 20.8. The SMILES string of the molecule is O=S(=O)(Cc1cc(Cl)cc(Cl)c1)N1CCC(NCC2CC2)CC1. The summed E-state index contributed by atoms with van der Waals surface area (Å²) in [6.07, 6.45) is 4.43. The second-order valence-corrected chi connectivity index (χ2v) is 9.40. The van der Waals surface area contributed by atoms with E-state index in [0.717, 1.165) is 25.3 Å². The van der Waals surface area contributed by atoms with Gasteiger partial charge in [0.25, 0.3) is 0 Å². The molecule has 0 amide bonds. The van der Waals surface area contributed by atoms with Gasteiger partial charge in [-0.15, -0.1) is 0 Å². The first kappa shape index (κ1) is 17.5. The van der Waals surface area contributed by atoms with Crippen molar-refractivity contribution < 1.29 is 8.42 Å². The van der Waals surface area contributed by atoms with E-state index in [-0.39, 0.29) is 5.75 Å². The van der Waals surface area contributed by atoms with Crippen LogP contribution in [-0.4, -0.2) is 38.4 Å². The minimum Gasteiger partial charge on any atom is -0.314 e. The lowest BCUT2D eigenvalue weighted by Gasteiger charge is -2.31. The van der Waals surface area contributed by atoms with Crippen molar-refractivity contribution in [2.24, 2.45) is 5.92 Å². The molecule has 2 aliphatic rings. The Morgan fingerprint density at radius 2 is 1.65 bits per heavy atom. The van der Waals surface area contributed by atoms with Crippen molar-refractivity contribution in [3.63, 3.8) is 0 Å². The lowest BCUT2D eigenvalue weighted by molar-refractivity contribution is 0.287. The number of nitrogens with zero attached hydrogens (tertiary/aromatic N) is 1. The van der Waals surface area contributed by atoms with Crippen molar-refractivity contribution in [3.8, 4) is 0 Å². The Morgan fingerprint density at radius 1 is 1.04 bits per heavy atom. The fourth-order valence-corrected chi connectivity index (χ4v) is 5.10. The van der Waals surface area contributed by atoms with Crippen LogP contribution in [0.5, 0.6) is 0 Å². The zero-order chi connectivity index (χ0) is 16.4. The minimum atomic E-state index is -3.32. The molecule has 1 aliphatic carbocycles. The number of sulfonamides is 1. The zero-order valence-corrected chi connectivity index (χ0v) is 15.3. The van der Waals surface area contributed by atoms with E-state index in [1.165, 1.54) is 12.8 Å². The second-order valence-electron chi connectivity index (χ2n) is 6.56. The van der Waals surface area contributed by atoms with Gasteiger partial charge in [-0.1, -0.05) is 23.2 Å². The van der Waals surface area contributed by atoms with Crippen LogP contribution in [-0.2, 0) is 15.8 Å². The molecular formula is C16H22Cl2N2O2S. The predicted molar refractivity (Wildman–Crippen MR) is 94.4 cm³/mol. The summed E-state index contributed by atoms with van der Waals surface area (Å²) in [5, 5.41) is 4.49. The second kappa shape index (κ2) is 7.28. The summed E-state index contributed by atoms with van der Waals surface area (Å²) >= 11 is 11.9. The van der Waals surface area contributed by atoms with E-state index in [1.54, 1.807) is 22.5 Å². The summed E-state index contributed by atoms with van der Waals surface area (Å²) in [7, 11) is -3.32. The van der Waals surface area contributed by atoms with E-state index in [1.807, 2.05) is 0 Å². The topological polar surface area (TPSA) is 49.4 Å². The summed E-state index contributed by atoms with van der Waals surface area (Å²) < 4.78 is 26.8. The van der Waals surface area contributed by atoms with Gasteiger partial charge in [0.05, 0.1) is 5.75 Å². The summed E-state index contributed by atoms with van der Waals surface area (Å²) in [6.45, 7) is 2.25. The molecule has 1 saturated heterocycles. The van der Waals surface area contributed by atoms with Crippen LogP contribution in [0.15, 0.2) is 18.2 Å². The summed E-state index contributed by atoms with van der Waals surface area (Å²) in [5.74, 6) is 0.803. The van der Waals surface area contributed by atoms with Gasteiger partial charge in [0, 0.05) is 29.2 Å². The third-order valence-corrected chi connectivity index (χ3v) is 6.80. The average Bonchev–Trinajstić information content (AvgIpc) is 3.28.